The van der Waals surface area contributed by atoms with Gasteiger partial charge in [0, 0.05) is 6.54 Å². The molecular weight excluding hydrogens is 322 g/mol. The second-order valence-electron chi connectivity index (χ2n) is 2.11. The van der Waals surface area contributed by atoms with E-state index in [1.165, 1.54) is 0 Å². The molecule has 0 radical (unpaired) electrons. The number of hydrogen-bond donors (Lipinski definition) is 6. The second kappa shape index (κ2) is 9.49. The van der Waals surface area contributed by atoms with Gasteiger partial charge in [0.25, 0.3) is 10.1 Å². The summed E-state index contributed by atoms with van der Waals surface area (Å²) in [7, 11) is -12.4. The first-order valence-electron chi connectivity index (χ1n) is 3.38. The van der Waals surface area contributed by atoms with Crippen molar-refractivity contribution in [3.05, 3.63) is 0 Å². The normalized spacial score (nSPS) is 11.7. The molecule has 0 aromatic rings. The number of hydrogen-bond acceptors (Lipinski definition) is 9. The minimum atomic E-state index is -4.38. The van der Waals surface area contributed by atoms with Crippen LogP contribution >= 0.6 is 0 Å². The van der Waals surface area contributed by atoms with E-state index in [-0.39, 0.29) is 12.3 Å². The van der Waals surface area contributed by atoms with Crippen LogP contribution < -0.4 is 16.8 Å². The summed E-state index contributed by atoms with van der Waals surface area (Å²) in [5.41, 5.74) is 4.78. The average molecular weight is 335 g/mol. The van der Waals surface area contributed by atoms with Crippen molar-refractivity contribution in [2.45, 2.75) is 0 Å². The molecule has 9 N–H and O–H groups in total. The van der Waals surface area contributed by atoms with Crippen LogP contribution in [0, 0.1) is 0 Å². The van der Waals surface area contributed by atoms with Gasteiger partial charge < -0.3 is 5.73 Å². The van der Waals surface area contributed by atoms with Gasteiger partial charge in [-0.2, -0.15) is 35.4 Å². The third-order valence-electron chi connectivity index (χ3n) is 0.497. The molecule has 114 valence electrons. The highest BCUT2D eigenvalue weighted by Crippen LogP contribution is 1.74. The van der Waals surface area contributed by atoms with Gasteiger partial charge >= 0.3 is 20.7 Å². The molecule has 0 aliphatic carbocycles. The van der Waals surface area contributed by atoms with Crippen LogP contribution in [0.5, 0.6) is 0 Å². The molecule has 0 saturated heterocycles. The van der Waals surface area contributed by atoms with E-state index in [9.17, 15) is 16.8 Å². The zero-order valence-corrected chi connectivity index (χ0v) is 11.0. The maximum atomic E-state index is 9.71. The van der Waals surface area contributed by atoms with Crippen molar-refractivity contribution in [1.82, 2.24) is 0 Å². The van der Waals surface area contributed by atoms with Gasteiger partial charge in [0.15, 0.2) is 0 Å². The molecule has 0 aromatic carbocycles. The van der Waals surface area contributed by atoms with Crippen LogP contribution in [-0.4, -0.2) is 51.2 Å². The fourth-order valence-corrected chi connectivity index (χ4v) is 0.447. The molecule has 0 heterocycles. The van der Waals surface area contributed by atoms with Gasteiger partial charge in [0.1, 0.15) is 0 Å². The molecule has 0 amide bonds. The van der Waals surface area contributed by atoms with Gasteiger partial charge in [-0.05, 0) is 0 Å². The van der Waals surface area contributed by atoms with Gasteiger partial charge in [0.2, 0.25) is 0 Å². The minimum absolute atomic E-state index is 0.0289. The molecule has 0 aliphatic heterocycles. The predicted octanol–water partition coefficient (Wildman–Crippen LogP) is -3.74. The topological polar surface area (TPSA) is 250 Å². The SMILES string of the molecule is NCCS(=O)(=O)O.NOS(=O)(=O)O.NS(=O)(=O)O. The molecule has 0 aliphatic rings. The van der Waals surface area contributed by atoms with Crippen LogP contribution in [0.2, 0.25) is 0 Å². The summed E-state index contributed by atoms with van der Waals surface area (Å²) >= 11 is 0. The molecule has 0 aromatic heterocycles. The van der Waals surface area contributed by atoms with E-state index < -0.39 is 30.8 Å². The Morgan fingerprint density at radius 2 is 1.17 bits per heavy atom. The Balaban J connectivity index is -0.000000190. The lowest BCUT2D eigenvalue weighted by Crippen LogP contribution is -2.13. The summed E-state index contributed by atoms with van der Waals surface area (Å²) in [6.45, 7) is -0.0289. The second-order valence-corrected chi connectivity index (χ2v) is 5.76. The van der Waals surface area contributed by atoms with Crippen molar-refractivity contribution in [3.63, 3.8) is 0 Å². The van der Waals surface area contributed by atoms with E-state index in [1.807, 2.05) is 0 Å². The van der Waals surface area contributed by atoms with Crippen molar-refractivity contribution in [2.24, 2.45) is 16.8 Å². The zero-order valence-electron chi connectivity index (χ0n) is 8.57. The van der Waals surface area contributed by atoms with Crippen LogP contribution in [0.1, 0.15) is 0 Å². The molecule has 0 saturated carbocycles. The van der Waals surface area contributed by atoms with E-state index in [0.717, 1.165) is 0 Å². The Morgan fingerprint density at radius 1 is 0.944 bits per heavy atom. The summed E-state index contributed by atoms with van der Waals surface area (Å²) in [5.74, 6) is 3.61. The van der Waals surface area contributed by atoms with Gasteiger partial charge in [-0.1, -0.05) is 0 Å². The first kappa shape index (κ1) is 22.7. The maximum absolute atomic E-state index is 9.71. The summed E-state index contributed by atoms with van der Waals surface area (Å²) in [6, 6.07) is 0. The van der Waals surface area contributed by atoms with E-state index in [4.69, 9.17) is 27.8 Å². The van der Waals surface area contributed by atoms with Crippen LogP contribution in [0.3, 0.4) is 0 Å². The molecular formula is C2H13N3O10S3. The van der Waals surface area contributed by atoms with E-state index >= 15 is 0 Å². The maximum Gasteiger partial charge on any atom is 0.413 e. The fourth-order valence-electron chi connectivity index (χ4n) is 0.149. The third-order valence-corrected chi connectivity index (χ3v) is 1.49. The van der Waals surface area contributed by atoms with Gasteiger partial charge in [-0.15, -0.1) is 0 Å². The predicted molar refractivity (Wildman–Crippen MR) is 58.0 cm³/mol. The van der Waals surface area contributed by atoms with Gasteiger partial charge in [-0.3, -0.25) is 13.7 Å². The molecule has 0 unspecified atom stereocenters. The Labute approximate surface area is 103 Å². The summed E-state index contributed by atoms with van der Waals surface area (Å²) in [6.07, 6.45) is 0. The van der Waals surface area contributed by atoms with Gasteiger partial charge in [0.05, 0.1) is 5.75 Å². The van der Waals surface area contributed by atoms with Crippen molar-refractivity contribution in [2.75, 3.05) is 12.3 Å². The first-order chi connectivity index (χ1) is 7.62. The van der Waals surface area contributed by atoms with Crippen molar-refractivity contribution < 1.29 is 43.2 Å². The summed E-state index contributed by atoms with van der Waals surface area (Å²) < 4.78 is 81.4. The van der Waals surface area contributed by atoms with Crippen LogP contribution in [0.4, 0.5) is 0 Å². The average Bonchev–Trinajstić information content (AvgIpc) is 1.98. The van der Waals surface area contributed by atoms with Crippen LogP contribution in [-0.2, 0) is 35.1 Å². The largest absolute Gasteiger partial charge is 0.413 e. The first-order valence-corrected chi connectivity index (χ1v) is 7.86. The summed E-state index contributed by atoms with van der Waals surface area (Å²) in [5, 5.41) is 3.88. The molecule has 0 fully saturated rings. The molecule has 16 heteroatoms. The molecule has 0 bridgehead atoms. The lowest BCUT2D eigenvalue weighted by Gasteiger charge is -1.86. The molecule has 0 atom stereocenters. The lowest BCUT2D eigenvalue weighted by atomic mass is 10.8. The van der Waals surface area contributed by atoms with E-state index in [1.54, 1.807) is 0 Å². The highest BCUT2D eigenvalue weighted by Gasteiger charge is 1.98. The summed E-state index contributed by atoms with van der Waals surface area (Å²) in [4.78, 5) is 0. The Kier molecular flexibility index (Phi) is 12.0. The van der Waals surface area contributed by atoms with Crippen LogP contribution in [0.25, 0.3) is 0 Å². The smallest absolute Gasteiger partial charge is 0.329 e. The minimum Gasteiger partial charge on any atom is -0.329 e. The van der Waals surface area contributed by atoms with E-state index in [0.29, 0.717) is 0 Å². The fraction of sp³-hybridized carbons (Fsp3) is 1.00. The molecule has 0 spiro atoms. The third kappa shape index (κ3) is 76.6. The van der Waals surface area contributed by atoms with Gasteiger partial charge in [-0.25, -0.2) is 5.14 Å². The quantitative estimate of drug-likeness (QED) is 0.215. The highest BCUT2D eigenvalue weighted by atomic mass is 32.3. The van der Waals surface area contributed by atoms with E-state index in [2.05, 4.69) is 15.3 Å². The molecule has 13 nitrogen and oxygen atoms in total. The van der Waals surface area contributed by atoms with Crippen LogP contribution in [0.15, 0.2) is 0 Å². The lowest BCUT2D eigenvalue weighted by molar-refractivity contribution is 0.277. The molecule has 18 heavy (non-hydrogen) atoms. The number of rotatable bonds is 3. The standard InChI is InChI=1S/C2H7NO3S.H3NO4S.H3NO3S/c3-1-2-7(4,5)6;1-5-6(2,3)4;1-5(2,3)4/h1-3H2,(H,4,5,6);1H2,(H,2,3,4);(H3,1,2,3,4). The molecule has 0 rings (SSSR count). The van der Waals surface area contributed by atoms with Crippen molar-refractivity contribution in [1.29, 1.82) is 0 Å². The zero-order chi connectivity index (χ0) is 15.6. The Hall–Kier alpha value is -0.430. The number of nitrogens with two attached hydrogens (primary N) is 3. The highest BCUT2D eigenvalue weighted by molar-refractivity contribution is 7.85. The van der Waals surface area contributed by atoms with Crippen molar-refractivity contribution >= 4 is 30.8 Å². The Bertz CT molecular complexity index is 480. The Morgan fingerprint density at radius 3 is 1.17 bits per heavy atom. The van der Waals surface area contributed by atoms with Crippen molar-refractivity contribution in [3.8, 4) is 0 Å². The monoisotopic (exact) mass is 335 g/mol.